The molecule has 0 aliphatic rings. The van der Waals surface area contributed by atoms with E-state index in [2.05, 4.69) is 0 Å². The van der Waals surface area contributed by atoms with Gasteiger partial charge in [0.15, 0.2) is 34.5 Å². The largest absolute Gasteiger partial charge is 0.504 e. The molecule has 0 spiro atoms. The van der Waals surface area contributed by atoms with E-state index in [-0.39, 0.29) is 11.1 Å². The van der Waals surface area contributed by atoms with Crippen molar-refractivity contribution in [2.45, 2.75) is 0 Å². The van der Waals surface area contributed by atoms with Crippen molar-refractivity contribution in [1.29, 1.82) is 0 Å². The van der Waals surface area contributed by atoms with Crippen LogP contribution in [0.25, 0.3) is 0 Å². The van der Waals surface area contributed by atoms with Gasteiger partial charge in [-0.05, 0) is 24.3 Å². The monoisotopic (exact) mass is 321 g/mol. The Morgan fingerprint density at radius 2 is 0.870 bits per heavy atom. The van der Waals surface area contributed by atoms with E-state index < -0.39 is 46.3 Å². The number of hydrogen-bond acceptors (Lipinski definition) is 8. The highest BCUT2D eigenvalue weighted by Crippen LogP contribution is 2.36. The first kappa shape index (κ1) is 15.8. The SMILES string of the molecule is O=C(NC(=O)c1cc(O)c(O)c(O)c1)c1cc(O)c(O)c(O)c1. The molecule has 0 aliphatic carbocycles. The second kappa shape index (κ2) is 5.64. The molecule has 9 nitrogen and oxygen atoms in total. The van der Waals surface area contributed by atoms with E-state index in [9.17, 15) is 40.2 Å². The topological polar surface area (TPSA) is 168 Å². The van der Waals surface area contributed by atoms with Gasteiger partial charge in [0.05, 0.1) is 0 Å². The van der Waals surface area contributed by atoms with Crippen molar-refractivity contribution in [3.63, 3.8) is 0 Å². The molecule has 0 aliphatic heterocycles. The summed E-state index contributed by atoms with van der Waals surface area (Å²) in [6.45, 7) is 0. The van der Waals surface area contributed by atoms with Gasteiger partial charge in [-0.1, -0.05) is 0 Å². The van der Waals surface area contributed by atoms with Gasteiger partial charge in [0, 0.05) is 11.1 Å². The Bertz CT molecular complexity index is 701. The van der Waals surface area contributed by atoms with Crippen molar-refractivity contribution < 1.29 is 40.2 Å². The summed E-state index contributed by atoms with van der Waals surface area (Å²) in [5.74, 6) is -6.72. The highest BCUT2D eigenvalue weighted by molar-refractivity contribution is 6.11. The van der Waals surface area contributed by atoms with Crippen molar-refractivity contribution in [2.24, 2.45) is 0 Å². The van der Waals surface area contributed by atoms with Crippen molar-refractivity contribution in [1.82, 2.24) is 5.32 Å². The van der Waals surface area contributed by atoms with Crippen LogP contribution in [0, 0.1) is 0 Å². The fraction of sp³-hybridized carbons (Fsp3) is 0. The van der Waals surface area contributed by atoms with Gasteiger partial charge >= 0.3 is 0 Å². The zero-order valence-electron chi connectivity index (χ0n) is 11.3. The molecule has 120 valence electrons. The summed E-state index contributed by atoms with van der Waals surface area (Å²) in [4.78, 5) is 23.7. The van der Waals surface area contributed by atoms with Crippen LogP contribution in [0.5, 0.6) is 34.5 Å². The molecule has 0 saturated heterocycles. The van der Waals surface area contributed by atoms with E-state index >= 15 is 0 Å². The molecule has 0 fully saturated rings. The van der Waals surface area contributed by atoms with Gasteiger partial charge in [-0.3, -0.25) is 14.9 Å². The van der Waals surface area contributed by atoms with Gasteiger partial charge < -0.3 is 30.6 Å². The number of benzene rings is 2. The number of carbonyl (C=O) groups excluding carboxylic acids is 2. The predicted octanol–water partition coefficient (Wildman–Crippen LogP) is 0.490. The normalized spacial score (nSPS) is 10.3. The fourth-order valence-corrected chi connectivity index (χ4v) is 1.72. The zero-order chi connectivity index (χ0) is 17.3. The first-order valence-corrected chi connectivity index (χ1v) is 6.06. The van der Waals surface area contributed by atoms with Crippen molar-refractivity contribution in [3.8, 4) is 34.5 Å². The second-order valence-electron chi connectivity index (χ2n) is 4.51. The Morgan fingerprint density at radius 3 is 1.13 bits per heavy atom. The minimum atomic E-state index is -1.02. The van der Waals surface area contributed by atoms with Gasteiger partial charge in [-0.15, -0.1) is 0 Å². The number of carbonyl (C=O) groups is 2. The number of phenols is 6. The summed E-state index contributed by atoms with van der Waals surface area (Å²) in [7, 11) is 0. The fourth-order valence-electron chi connectivity index (χ4n) is 1.72. The first-order chi connectivity index (χ1) is 10.7. The molecule has 2 amide bonds. The molecule has 0 saturated carbocycles. The van der Waals surface area contributed by atoms with Crippen LogP contribution >= 0.6 is 0 Å². The third-order valence-electron chi connectivity index (χ3n) is 2.89. The number of hydrogen-bond donors (Lipinski definition) is 7. The first-order valence-electron chi connectivity index (χ1n) is 6.06. The van der Waals surface area contributed by atoms with E-state index in [1.165, 1.54) is 0 Å². The van der Waals surface area contributed by atoms with Crippen molar-refractivity contribution in [2.75, 3.05) is 0 Å². The number of rotatable bonds is 2. The number of amides is 2. The lowest BCUT2D eigenvalue weighted by molar-refractivity contribution is 0.0848. The summed E-state index contributed by atoms with van der Waals surface area (Å²) in [6.07, 6.45) is 0. The highest BCUT2D eigenvalue weighted by atomic mass is 16.3. The Morgan fingerprint density at radius 1 is 0.609 bits per heavy atom. The maximum absolute atomic E-state index is 11.9. The average molecular weight is 321 g/mol. The summed E-state index contributed by atoms with van der Waals surface area (Å²) in [6, 6.07) is 3.29. The Balaban J connectivity index is 2.25. The molecular formula is C14H11NO8. The average Bonchev–Trinajstić information content (AvgIpc) is 2.49. The lowest BCUT2D eigenvalue weighted by atomic mass is 10.1. The van der Waals surface area contributed by atoms with E-state index in [4.69, 9.17) is 0 Å². The van der Waals surface area contributed by atoms with Crippen LogP contribution in [0.2, 0.25) is 0 Å². The maximum Gasteiger partial charge on any atom is 0.258 e. The van der Waals surface area contributed by atoms with Crippen LogP contribution in [0.3, 0.4) is 0 Å². The highest BCUT2D eigenvalue weighted by Gasteiger charge is 2.18. The van der Waals surface area contributed by atoms with Crippen LogP contribution in [0.1, 0.15) is 20.7 Å². The molecule has 7 N–H and O–H groups in total. The lowest BCUT2D eigenvalue weighted by Crippen LogP contribution is -2.30. The summed E-state index contributed by atoms with van der Waals surface area (Å²) in [5, 5.41) is 57.5. The van der Waals surface area contributed by atoms with E-state index in [1.54, 1.807) is 0 Å². The third kappa shape index (κ3) is 3.02. The smallest absolute Gasteiger partial charge is 0.258 e. The Kier molecular flexibility index (Phi) is 3.86. The van der Waals surface area contributed by atoms with Gasteiger partial charge in [0.2, 0.25) is 0 Å². The standard InChI is InChI=1S/C14H11NO8/c16-7-1-5(2-8(17)11(7)20)13(22)15-14(23)6-3-9(18)12(21)10(19)4-6/h1-4,16-21H,(H,15,22,23). The lowest BCUT2D eigenvalue weighted by Gasteiger charge is -2.08. The molecular weight excluding hydrogens is 310 g/mol. The molecule has 0 heterocycles. The maximum atomic E-state index is 11.9. The van der Waals surface area contributed by atoms with Crippen molar-refractivity contribution in [3.05, 3.63) is 35.4 Å². The number of phenolic OH excluding ortho intramolecular Hbond substituents is 6. The molecule has 9 heteroatoms. The molecule has 0 aromatic heterocycles. The molecule has 2 rings (SSSR count). The number of nitrogens with one attached hydrogen (secondary N) is 1. The second-order valence-corrected chi connectivity index (χ2v) is 4.51. The third-order valence-corrected chi connectivity index (χ3v) is 2.89. The molecule has 0 atom stereocenters. The molecule has 0 unspecified atom stereocenters. The molecule has 0 radical (unpaired) electrons. The van der Waals surface area contributed by atoms with Crippen LogP contribution in [-0.4, -0.2) is 42.5 Å². The minimum absolute atomic E-state index is 0.321. The summed E-state index contributed by atoms with van der Waals surface area (Å²) < 4.78 is 0. The molecule has 2 aromatic rings. The van der Waals surface area contributed by atoms with Gasteiger partial charge in [-0.25, -0.2) is 0 Å². The van der Waals surface area contributed by atoms with Crippen LogP contribution in [0.15, 0.2) is 24.3 Å². The Hall–Kier alpha value is -3.62. The summed E-state index contributed by atoms with van der Waals surface area (Å²) >= 11 is 0. The molecule has 2 aromatic carbocycles. The number of imide groups is 1. The predicted molar refractivity (Wildman–Crippen MR) is 74.7 cm³/mol. The van der Waals surface area contributed by atoms with E-state index in [0.717, 1.165) is 24.3 Å². The van der Waals surface area contributed by atoms with Crippen LogP contribution in [-0.2, 0) is 0 Å². The van der Waals surface area contributed by atoms with E-state index in [0.29, 0.717) is 0 Å². The van der Waals surface area contributed by atoms with Crippen LogP contribution < -0.4 is 5.32 Å². The van der Waals surface area contributed by atoms with Crippen molar-refractivity contribution >= 4 is 11.8 Å². The molecule has 0 bridgehead atoms. The molecule has 23 heavy (non-hydrogen) atoms. The van der Waals surface area contributed by atoms with E-state index in [1.807, 2.05) is 5.32 Å². The Labute approximate surface area is 128 Å². The van der Waals surface area contributed by atoms with Gasteiger partial charge in [0.25, 0.3) is 11.8 Å². The zero-order valence-corrected chi connectivity index (χ0v) is 11.3. The van der Waals surface area contributed by atoms with Gasteiger partial charge in [-0.2, -0.15) is 0 Å². The summed E-state index contributed by atoms with van der Waals surface area (Å²) in [5.41, 5.74) is -0.642. The van der Waals surface area contributed by atoms with Crippen LogP contribution in [0.4, 0.5) is 0 Å². The quantitative estimate of drug-likeness (QED) is 0.310. The number of aromatic hydroxyl groups is 6. The van der Waals surface area contributed by atoms with Gasteiger partial charge in [0.1, 0.15) is 0 Å². The minimum Gasteiger partial charge on any atom is -0.504 e.